The number of benzene rings is 1. The zero-order valence-corrected chi connectivity index (χ0v) is 19.7. The van der Waals surface area contributed by atoms with E-state index in [1.165, 1.54) is 46.2 Å². The van der Waals surface area contributed by atoms with E-state index in [1.807, 2.05) is 11.3 Å². The summed E-state index contributed by atoms with van der Waals surface area (Å²) in [6.07, 6.45) is 7.88. The van der Waals surface area contributed by atoms with Gasteiger partial charge in [-0.1, -0.05) is 12.5 Å². The highest BCUT2D eigenvalue weighted by Gasteiger charge is 2.28. The van der Waals surface area contributed by atoms with Crippen LogP contribution in [-0.2, 0) is 16.6 Å². The third-order valence-corrected chi connectivity index (χ3v) is 9.84. The van der Waals surface area contributed by atoms with Gasteiger partial charge in [-0.2, -0.15) is 0 Å². The Hall–Kier alpha value is -1.67. The molecule has 0 atom stereocenters. The van der Waals surface area contributed by atoms with E-state index in [1.54, 1.807) is 11.2 Å². The fourth-order valence-corrected chi connectivity index (χ4v) is 6.75. The molecular weight excluding hydrogens is 426 g/mol. The molecule has 5 rings (SSSR count). The normalized spacial score (nSPS) is 19.1. The molecule has 2 fully saturated rings. The summed E-state index contributed by atoms with van der Waals surface area (Å²) in [5, 5.41) is 7.19. The van der Waals surface area contributed by atoms with Crippen LogP contribution in [0.15, 0.2) is 35.8 Å². The number of H-pyrrole nitrogens is 1. The van der Waals surface area contributed by atoms with Crippen molar-refractivity contribution in [1.29, 1.82) is 0 Å². The molecule has 3 heterocycles. The van der Waals surface area contributed by atoms with Crippen LogP contribution < -0.4 is 5.32 Å². The Morgan fingerprint density at radius 3 is 2.65 bits per heavy atom. The van der Waals surface area contributed by atoms with Crippen molar-refractivity contribution in [2.45, 2.75) is 57.5 Å². The van der Waals surface area contributed by atoms with Gasteiger partial charge in [0.05, 0.1) is 5.75 Å². The Balaban J connectivity index is 1.33. The van der Waals surface area contributed by atoms with Crippen molar-refractivity contribution in [1.82, 2.24) is 14.6 Å². The van der Waals surface area contributed by atoms with Gasteiger partial charge in [0.1, 0.15) is 0 Å². The van der Waals surface area contributed by atoms with Crippen molar-refractivity contribution in [3.05, 3.63) is 46.3 Å². The minimum atomic E-state index is -3.08. The van der Waals surface area contributed by atoms with E-state index in [4.69, 9.17) is 0 Å². The molecule has 7 heteroatoms. The number of hydrogen-bond acceptors (Lipinski definition) is 4. The van der Waals surface area contributed by atoms with Gasteiger partial charge in [0.15, 0.2) is 0 Å². The number of aromatic amines is 1. The van der Waals surface area contributed by atoms with Crippen molar-refractivity contribution < 1.29 is 8.42 Å². The standard InChI is InChI=1S/C24H31N3O2S2/c1-2-31(28,29)27-10-8-17(9-11-27)23-15-26-24-7-6-18(13-22(23)24)19-12-21(30-16-19)14-25-20-4-3-5-20/h6-7,12-13,15-17,20,25-26H,2-5,8-11,14H2,1H3. The van der Waals surface area contributed by atoms with E-state index in [0.717, 1.165) is 24.9 Å². The van der Waals surface area contributed by atoms with E-state index >= 15 is 0 Å². The van der Waals surface area contributed by atoms with Gasteiger partial charge in [-0.3, -0.25) is 0 Å². The smallest absolute Gasteiger partial charge is 0.213 e. The molecule has 1 aromatic carbocycles. The van der Waals surface area contributed by atoms with Gasteiger partial charge in [0.25, 0.3) is 0 Å². The number of aromatic nitrogens is 1. The van der Waals surface area contributed by atoms with Gasteiger partial charge in [0.2, 0.25) is 10.0 Å². The third kappa shape index (κ3) is 4.33. The Kier molecular flexibility index (Phi) is 5.94. The molecule has 1 saturated heterocycles. The second-order valence-electron chi connectivity index (χ2n) is 8.89. The fourth-order valence-electron chi connectivity index (χ4n) is 4.77. The topological polar surface area (TPSA) is 65.2 Å². The molecule has 0 unspecified atom stereocenters. The molecule has 1 saturated carbocycles. The van der Waals surface area contributed by atoms with E-state index in [-0.39, 0.29) is 5.75 Å². The molecule has 0 bridgehead atoms. The molecule has 31 heavy (non-hydrogen) atoms. The monoisotopic (exact) mass is 457 g/mol. The number of piperidine rings is 1. The van der Waals surface area contributed by atoms with Crippen molar-refractivity contribution in [2.24, 2.45) is 0 Å². The summed E-state index contributed by atoms with van der Waals surface area (Å²) < 4.78 is 26.0. The highest BCUT2D eigenvalue weighted by molar-refractivity contribution is 7.89. The van der Waals surface area contributed by atoms with Gasteiger partial charge in [-0.15, -0.1) is 11.3 Å². The maximum atomic E-state index is 12.2. The number of nitrogens with zero attached hydrogens (tertiary/aromatic N) is 1. The van der Waals surface area contributed by atoms with Crippen molar-refractivity contribution in [3.8, 4) is 11.1 Å². The number of rotatable bonds is 7. The molecule has 0 amide bonds. The summed E-state index contributed by atoms with van der Waals surface area (Å²) in [5.41, 5.74) is 5.02. The SMILES string of the molecule is CCS(=O)(=O)N1CCC(c2c[nH]c3ccc(-c4csc(CNC5CCC5)c4)cc23)CC1. The van der Waals surface area contributed by atoms with E-state index in [9.17, 15) is 8.42 Å². The quantitative estimate of drug-likeness (QED) is 0.521. The number of hydrogen-bond donors (Lipinski definition) is 2. The van der Waals surface area contributed by atoms with Gasteiger partial charge < -0.3 is 10.3 Å². The van der Waals surface area contributed by atoms with Crippen molar-refractivity contribution in [3.63, 3.8) is 0 Å². The van der Waals surface area contributed by atoms with Gasteiger partial charge in [-0.05, 0) is 78.8 Å². The number of thiophene rings is 1. The summed E-state index contributed by atoms with van der Waals surface area (Å²) >= 11 is 1.83. The Labute approximate surface area is 188 Å². The Morgan fingerprint density at radius 1 is 1.13 bits per heavy atom. The number of nitrogens with one attached hydrogen (secondary N) is 2. The summed E-state index contributed by atoms with van der Waals surface area (Å²) in [6, 6.07) is 9.71. The van der Waals surface area contributed by atoms with Crippen LogP contribution in [0.5, 0.6) is 0 Å². The first kappa shape index (κ1) is 21.2. The van der Waals surface area contributed by atoms with Crippen LogP contribution in [0.4, 0.5) is 0 Å². The van der Waals surface area contributed by atoms with E-state index in [0.29, 0.717) is 25.0 Å². The molecule has 0 spiro atoms. The first-order valence-electron chi connectivity index (χ1n) is 11.4. The van der Waals surface area contributed by atoms with Crippen LogP contribution >= 0.6 is 11.3 Å². The summed E-state index contributed by atoms with van der Waals surface area (Å²) in [6.45, 7) is 3.93. The third-order valence-electron chi connectivity index (χ3n) is 7.02. The van der Waals surface area contributed by atoms with Crippen LogP contribution in [0.3, 0.4) is 0 Å². The molecule has 2 N–H and O–H groups in total. The van der Waals surface area contributed by atoms with Gasteiger partial charge in [0, 0.05) is 47.7 Å². The first-order chi connectivity index (χ1) is 15.0. The lowest BCUT2D eigenvalue weighted by Crippen LogP contribution is -2.38. The van der Waals surface area contributed by atoms with Gasteiger partial charge in [-0.25, -0.2) is 12.7 Å². The minimum Gasteiger partial charge on any atom is -0.361 e. The summed E-state index contributed by atoms with van der Waals surface area (Å²) in [5.74, 6) is 0.587. The van der Waals surface area contributed by atoms with Crippen LogP contribution in [0.25, 0.3) is 22.0 Å². The van der Waals surface area contributed by atoms with Crippen molar-refractivity contribution >= 4 is 32.3 Å². The van der Waals surface area contributed by atoms with Crippen LogP contribution in [0, 0.1) is 0 Å². The summed E-state index contributed by atoms with van der Waals surface area (Å²) in [4.78, 5) is 4.82. The average molecular weight is 458 g/mol. The van der Waals surface area contributed by atoms with Gasteiger partial charge >= 0.3 is 0 Å². The number of sulfonamides is 1. The second kappa shape index (κ2) is 8.70. The fraction of sp³-hybridized carbons (Fsp3) is 0.500. The maximum absolute atomic E-state index is 12.2. The second-order valence-corrected chi connectivity index (χ2v) is 12.1. The molecule has 2 aromatic heterocycles. The lowest BCUT2D eigenvalue weighted by molar-refractivity contribution is 0.321. The largest absolute Gasteiger partial charge is 0.361 e. The molecule has 166 valence electrons. The molecule has 2 aliphatic rings. The zero-order valence-electron chi connectivity index (χ0n) is 18.1. The Bertz CT molecular complexity index is 1150. The van der Waals surface area contributed by atoms with Crippen LogP contribution in [0.1, 0.15) is 55.4 Å². The predicted octanol–water partition coefficient (Wildman–Crippen LogP) is 5.07. The molecule has 1 aliphatic heterocycles. The highest BCUT2D eigenvalue weighted by atomic mass is 32.2. The van der Waals surface area contributed by atoms with E-state index < -0.39 is 10.0 Å². The zero-order chi connectivity index (χ0) is 21.4. The molecule has 0 radical (unpaired) electrons. The van der Waals surface area contributed by atoms with Crippen LogP contribution in [-0.4, -0.2) is 42.6 Å². The lowest BCUT2D eigenvalue weighted by Gasteiger charge is -2.30. The average Bonchev–Trinajstić information content (AvgIpc) is 3.39. The van der Waals surface area contributed by atoms with Crippen LogP contribution in [0.2, 0.25) is 0 Å². The minimum absolute atomic E-state index is 0.187. The van der Waals surface area contributed by atoms with E-state index in [2.05, 4.69) is 46.1 Å². The molecule has 3 aromatic rings. The molecular formula is C24H31N3O2S2. The highest BCUT2D eigenvalue weighted by Crippen LogP contribution is 2.36. The lowest BCUT2D eigenvalue weighted by atomic mass is 9.89. The summed E-state index contributed by atoms with van der Waals surface area (Å²) in [7, 11) is -3.08. The molecule has 5 nitrogen and oxygen atoms in total. The maximum Gasteiger partial charge on any atom is 0.213 e. The molecule has 1 aliphatic carbocycles. The van der Waals surface area contributed by atoms with Crippen molar-refractivity contribution in [2.75, 3.05) is 18.8 Å². The predicted molar refractivity (Wildman–Crippen MR) is 129 cm³/mol. The first-order valence-corrected chi connectivity index (χ1v) is 13.9. The Morgan fingerprint density at radius 2 is 1.94 bits per heavy atom. The number of fused-ring (bicyclic) bond motifs is 1.